The number of aliphatic carboxylic acids is 1. The van der Waals surface area contributed by atoms with Gasteiger partial charge < -0.3 is 15.7 Å². The highest BCUT2D eigenvalue weighted by Gasteiger charge is 2.32. The molecule has 142 valence electrons. The Morgan fingerprint density at radius 3 is 2.81 bits per heavy atom. The molecule has 1 unspecified atom stereocenters. The normalized spacial score (nSPS) is 18.3. The third-order valence-corrected chi connectivity index (χ3v) is 4.50. The minimum Gasteiger partial charge on any atom is -0.481 e. The average Bonchev–Trinajstić information content (AvgIpc) is 2.98. The molecule has 0 aromatic heterocycles. The molecule has 0 bridgehead atoms. The van der Waals surface area contributed by atoms with Gasteiger partial charge in [-0.1, -0.05) is 48.2 Å². The van der Waals surface area contributed by atoms with Crippen molar-refractivity contribution in [1.29, 1.82) is 0 Å². The van der Waals surface area contributed by atoms with Crippen LogP contribution >= 0.6 is 11.8 Å². The first-order valence-corrected chi connectivity index (χ1v) is 9.21. The quantitative estimate of drug-likeness (QED) is 0.337. The van der Waals surface area contributed by atoms with Crippen molar-refractivity contribution in [2.45, 2.75) is 24.5 Å². The van der Waals surface area contributed by atoms with E-state index in [9.17, 15) is 14.4 Å². The van der Waals surface area contributed by atoms with Crippen molar-refractivity contribution in [3.05, 3.63) is 42.0 Å². The highest BCUT2D eigenvalue weighted by Crippen LogP contribution is 2.22. The Labute approximate surface area is 160 Å². The van der Waals surface area contributed by atoms with Gasteiger partial charge in [0.25, 0.3) is 0 Å². The fourth-order valence-corrected chi connectivity index (χ4v) is 3.06. The van der Waals surface area contributed by atoms with Crippen molar-refractivity contribution in [3.8, 4) is 0 Å². The average molecular weight is 388 g/mol. The maximum Gasteiger partial charge on any atom is 0.303 e. The smallest absolute Gasteiger partial charge is 0.303 e. The number of carboxylic acid groups (broad SMARTS) is 1. The summed E-state index contributed by atoms with van der Waals surface area (Å²) in [4.78, 5) is 34.1. The van der Waals surface area contributed by atoms with Gasteiger partial charge in [-0.2, -0.15) is 5.10 Å². The molecule has 1 aromatic rings. The summed E-state index contributed by atoms with van der Waals surface area (Å²) >= 11 is 1.14. The summed E-state index contributed by atoms with van der Waals surface area (Å²) in [5.74, 6) is -1.51. The molecule has 1 aromatic carbocycles. The highest BCUT2D eigenvalue weighted by atomic mass is 32.2. The summed E-state index contributed by atoms with van der Waals surface area (Å²) in [7, 11) is 0. The number of nitrogens with zero attached hydrogens (tertiary/aromatic N) is 2. The lowest BCUT2D eigenvalue weighted by molar-refractivity contribution is -0.137. The Balaban J connectivity index is 1.74. The Hall–Kier alpha value is -2.94. The molecule has 0 aliphatic carbocycles. The van der Waals surface area contributed by atoms with Crippen LogP contribution in [0.15, 0.2) is 46.6 Å². The Morgan fingerprint density at radius 2 is 2.07 bits per heavy atom. The van der Waals surface area contributed by atoms with Gasteiger partial charge in [-0.25, -0.2) is 0 Å². The van der Waals surface area contributed by atoms with E-state index in [1.807, 2.05) is 36.4 Å². The van der Waals surface area contributed by atoms with Gasteiger partial charge in [0.15, 0.2) is 5.17 Å². The number of allylic oxidation sites excluding steroid dienone is 1. The maximum atomic E-state index is 11.9. The summed E-state index contributed by atoms with van der Waals surface area (Å²) in [6.45, 7) is 0.267. The van der Waals surface area contributed by atoms with E-state index in [0.717, 1.165) is 17.3 Å². The monoisotopic (exact) mass is 388 g/mol. The fourth-order valence-electron chi connectivity index (χ4n) is 2.14. The zero-order valence-electron chi connectivity index (χ0n) is 14.5. The second-order valence-electron chi connectivity index (χ2n) is 5.59. The lowest BCUT2D eigenvalue weighted by Gasteiger charge is -2.06. The van der Waals surface area contributed by atoms with Gasteiger partial charge in [0.05, 0.1) is 0 Å². The van der Waals surface area contributed by atoms with E-state index >= 15 is 0 Å². The third kappa shape index (κ3) is 7.87. The van der Waals surface area contributed by atoms with Gasteiger partial charge in [-0.3, -0.25) is 14.4 Å². The van der Waals surface area contributed by atoms with Crippen molar-refractivity contribution in [1.82, 2.24) is 10.6 Å². The second-order valence-corrected chi connectivity index (χ2v) is 6.78. The number of thioether (sulfide) groups is 1. The van der Waals surface area contributed by atoms with E-state index in [0.29, 0.717) is 11.6 Å². The number of carbonyl (C=O) groups excluding carboxylic acids is 2. The van der Waals surface area contributed by atoms with Crippen molar-refractivity contribution >= 4 is 47.0 Å². The van der Waals surface area contributed by atoms with Crippen LogP contribution in [0.3, 0.4) is 0 Å². The van der Waals surface area contributed by atoms with E-state index in [2.05, 4.69) is 20.8 Å². The number of amides is 2. The standard InChI is InChI=1S/C18H20N4O4S/c23-15(19-10-5-9-16(24)25)12-14-17(26)21-18(27-14)22-20-11-4-8-13-6-2-1-3-7-13/h1-4,6-8,11,14H,5,9-10,12H2,(H,19,23)(H,24,25)(H,21,22,26)/b8-4+,20-11-. The van der Waals surface area contributed by atoms with Crippen LogP contribution in [-0.2, 0) is 14.4 Å². The molecule has 0 spiro atoms. The van der Waals surface area contributed by atoms with E-state index < -0.39 is 11.2 Å². The number of hydrogen-bond donors (Lipinski definition) is 3. The first-order valence-electron chi connectivity index (χ1n) is 8.33. The number of carboxylic acids is 1. The fraction of sp³-hybridized carbons (Fsp3) is 0.278. The zero-order valence-corrected chi connectivity index (χ0v) is 15.3. The number of amidine groups is 1. The van der Waals surface area contributed by atoms with Crippen LogP contribution in [0.25, 0.3) is 6.08 Å². The van der Waals surface area contributed by atoms with Gasteiger partial charge in [0.1, 0.15) is 5.25 Å². The molecule has 27 heavy (non-hydrogen) atoms. The molecular formula is C18H20N4O4S. The lowest BCUT2D eigenvalue weighted by atomic mass is 10.2. The maximum absolute atomic E-state index is 11.9. The summed E-state index contributed by atoms with van der Waals surface area (Å²) in [6.07, 6.45) is 5.47. The van der Waals surface area contributed by atoms with Crippen LogP contribution in [-0.4, -0.2) is 46.1 Å². The van der Waals surface area contributed by atoms with Crippen LogP contribution in [0.4, 0.5) is 0 Å². The Morgan fingerprint density at radius 1 is 1.30 bits per heavy atom. The van der Waals surface area contributed by atoms with Crippen LogP contribution in [0.2, 0.25) is 0 Å². The molecule has 0 saturated carbocycles. The molecule has 1 aliphatic heterocycles. The van der Waals surface area contributed by atoms with E-state index in [4.69, 9.17) is 5.11 Å². The highest BCUT2D eigenvalue weighted by molar-refractivity contribution is 8.15. The Kier molecular flexibility index (Phi) is 8.24. The number of rotatable bonds is 9. The topological polar surface area (TPSA) is 120 Å². The predicted octanol–water partition coefficient (Wildman–Crippen LogP) is 1.64. The molecule has 0 radical (unpaired) electrons. The molecule has 1 aliphatic rings. The number of benzene rings is 1. The summed E-state index contributed by atoms with van der Waals surface area (Å²) < 4.78 is 0. The first kappa shape index (κ1) is 20.4. The SMILES string of the molecule is O=C(O)CCCNC(=O)CC1S\C(=N/N=C\C=C\c2ccccc2)NC1=O. The molecule has 1 saturated heterocycles. The van der Waals surface area contributed by atoms with Crippen LogP contribution in [0.1, 0.15) is 24.8 Å². The van der Waals surface area contributed by atoms with Gasteiger partial charge >= 0.3 is 5.97 Å². The van der Waals surface area contributed by atoms with Gasteiger partial charge in [-0.15, -0.1) is 5.10 Å². The molecule has 1 atom stereocenters. The van der Waals surface area contributed by atoms with Crippen LogP contribution < -0.4 is 10.6 Å². The molecular weight excluding hydrogens is 368 g/mol. The van der Waals surface area contributed by atoms with Gasteiger partial charge in [-0.05, 0) is 18.1 Å². The number of hydrogen-bond acceptors (Lipinski definition) is 6. The molecule has 2 amide bonds. The van der Waals surface area contributed by atoms with Crippen LogP contribution in [0, 0.1) is 0 Å². The molecule has 9 heteroatoms. The largest absolute Gasteiger partial charge is 0.481 e. The van der Waals surface area contributed by atoms with E-state index in [1.165, 1.54) is 6.21 Å². The molecule has 3 N–H and O–H groups in total. The number of nitrogens with one attached hydrogen (secondary N) is 2. The second kappa shape index (κ2) is 10.9. The lowest BCUT2D eigenvalue weighted by Crippen LogP contribution is -2.31. The van der Waals surface area contributed by atoms with Crippen molar-refractivity contribution in [2.75, 3.05) is 6.54 Å². The minimum absolute atomic E-state index is 0.000214. The minimum atomic E-state index is -0.907. The molecule has 1 fully saturated rings. The van der Waals surface area contributed by atoms with Crippen molar-refractivity contribution in [2.24, 2.45) is 10.2 Å². The third-order valence-electron chi connectivity index (χ3n) is 3.43. The van der Waals surface area contributed by atoms with Crippen molar-refractivity contribution < 1.29 is 19.5 Å². The van der Waals surface area contributed by atoms with E-state index in [1.54, 1.807) is 6.08 Å². The Bertz CT molecular complexity index is 762. The predicted molar refractivity (Wildman–Crippen MR) is 105 cm³/mol. The summed E-state index contributed by atoms with van der Waals surface area (Å²) in [5.41, 5.74) is 1.04. The van der Waals surface area contributed by atoms with Crippen LogP contribution in [0.5, 0.6) is 0 Å². The molecule has 1 heterocycles. The first-order chi connectivity index (χ1) is 13.0. The summed E-state index contributed by atoms with van der Waals surface area (Å²) in [6, 6.07) is 9.72. The summed E-state index contributed by atoms with van der Waals surface area (Å²) in [5, 5.41) is 21.3. The molecule has 2 rings (SSSR count). The van der Waals surface area contributed by atoms with Gasteiger partial charge in [0, 0.05) is 25.6 Å². The van der Waals surface area contributed by atoms with Gasteiger partial charge in [0.2, 0.25) is 11.8 Å². The molecule has 8 nitrogen and oxygen atoms in total. The number of carbonyl (C=O) groups is 3. The zero-order chi connectivity index (χ0) is 19.5. The van der Waals surface area contributed by atoms with E-state index in [-0.39, 0.29) is 31.2 Å². The van der Waals surface area contributed by atoms with Crippen molar-refractivity contribution in [3.63, 3.8) is 0 Å².